The van der Waals surface area contributed by atoms with Gasteiger partial charge in [0.1, 0.15) is 0 Å². The van der Waals surface area contributed by atoms with Gasteiger partial charge in [0.15, 0.2) is 0 Å². The summed E-state index contributed by atoms with van der Waals surface area (Å²) in [6, 6.07) is 8.61. The van der Waals surface area contributed by atoms with Crippen molar-refractivity contribution in [2.75, 3.05) is 0 Å². The molecule has 1 aromatic carbocycles. The molecule has 2 heteroatoms. The van der Waals surface area contributed by atoms with Crippen molar-refractivity contribution in [3.8, 4) is 0 Å². The van der Waals surface area contributed by atoms with Crippen LogP contribution in [0, 0.1) is 0 Å². The van der Waals surface area contributed by atoms with E-state index in [1.807, 2.05) is 0 Å². The molecular weight excluding hydrogens is 250 g/mol. The maximum absolute atomic E-state index is 4.74. The van der Waals surface area contributed by atoms with Crippen molar-refractivity contribution < 1.29 is 0 Å². The molecule has 0 bridgehead atoms. The molecule has 0 amide bonds. The van der Waals surface area contributed by atoms with Crippen LogP contribution >= 0.6 is 15.9 Å². The lowest BCUT2D eigenvalue weighted by atomic mass is 9.95. The normalized spacial score (nSPS) is 15.3. The fraction of sp³-hybridized carbons (Fsp3) is 0.308. The van der Waals surface area contributed by atoms with E-state index in [1.54, 1.807) is 0 Å². The maximum Gasteiger partial charge on any atom is 0.0706 e. The quantitative estimate of drug-likeness (QED) is 0.702. The van der Waals surface area contributed by atoms with Gasteiger partial charge in [-0.05, 0) is 55.5 Å². The van der Waals surface area contributed by atoms with E-state index in [2.05, 4.69) is 40.2 Å². The van der Waals surface area contributed by atoms with Crippen LogP contribution in [0.1, 0.15) is 24.1 Å². The van der Waals surface area contributed by atoms with Crippen molar-refractivity contribution >= 4 is 26.8 Å². The number of hydrogen-bond donors (Lipinski definition) is 0. The third-order valence-corrected chi connectivity index (χ3v) is 3.55. The first-order valence-electron chi connectivity index (χ1n) is 5.41. The van der Waals surface area contributed by atoms with Gasteiger partial charge in [-0.1, -0.05) is 15.9 Å². The molecule has 0 saturated carbocycles. The van der Waals surface area contributed by atoms with Crippen molar-refractivity contribution in [3.05, 3.63) is 40.0 Å². The van der Waals surface area contributed by atoms with Crippen LogP contribution in [0.25, 0.3) is 10.9 Å². The van der Waals surface area contributed by atoms with E-state index in [9.17, 15) is 0 Å². The Balaban J connectivity index is 2.26. The van der Waals surface area contributed by atoms with E-state index in [4.69, 9.17) is 4.98 Å². The summed E-state index contributed by atoms with van der Waals surface area (Å²) in [5, 5.41) is 1.25. The Morgan fingerprint density at radius 3 is 2.87 bits per heavy atom. The number of halogens is 1. The highest BCUT2D eigenvalue weighted by atomic mass is 79.9. The molecule has 1 heterocycles. The number of fused-ring (bicyclic) bond motifs is 2. The maximum atomic E-state index is 4.74. The average molecular weight is 262 g/mol. The van der Waals surface area contributed by atoms with Gasteiger partial charge in [0.2, 0.25) is 0 Å². The van der Waals surface area contributed by atoms with E-state index >= 15 is 0 Å². The Bertz CT molecular complexity index is 519. The van der Waals surface area contributed by atoms with Gasteiger partial charge in [0.25, 0.3) is 0 Å². The number of benzene rings is 1. The first-order valence-corrected chi connectivity index (χ1v) is 6.20. The minimum absolute atomic E-state index is 1.12. The summed E-state index contributed by atoms with van der Waals surface area (Å²) in [7, 11) is 0. The molecule has 0 fully saturated rings. The second-order valence-electron chi connectivity index (χ2n) is 4.14. The fourth-order valence-electron chi connectivity index (χ4n) is 2.27. The van der Waals surface area contributed by atoms with Gasteiger partial charge in [-0.15, -0.1) is 0 Å². The van der Waals surface area contributed by atoms with Crippen LogP contribution < -0.4 is 0 Å². The molecule has 15 heavy (non-hydrogen) atoms. The zero-order valence-electron chi connectivity index (χ0n) is 8.46. The lowest BCUT2D eigenvalue weighted by molar-refractivity contribution is 0.671. The van der Waals surface area contributed by atoms with Crippen LogP contribution in [0.4, 0.5) is 0 Å². The summed E-state index contributed by atoms with van der Waals surface area (Å²) in [4.78, 5) is 4.74. The smallest absolute Gasteiger partial charge is 0.0706 e. The van der Waals surface area contributed by atoms with Crippen molar-refractivity contribution in [1.29, 1.82) is 0 Å². The lowest BCUT2D eigenvalue weighted by Gasteiger charge is -2.15. The number of hydrogen-bond acceptors (Lipinski definition) is 1. The summed E-state index contributed by atoms with van der Waals surface area (Å²) in [6.45, 7) is 0. The predicted octanol–water partition coefficient (Wildman–Crippen LogP) is 3.88. The van der Waals surface area contributed by atoms with Gasteiger partial charge in [0.05, 0.1) is 5.52 Å². The van der Waals surface area contributed by atoms with Crippen LogP contribution in [0.2, 0.25) is 0 Å². The number of nitrogens with zero attached hydrogens (tertiary/aromatic N) is 1. The average Bonchev–Trinajstić information content (AvgIpc) is 2.26. The molecule has 76 valence electrons. The highest BCUT2D eigenvalue weighted by Crippen LogP contribution is 2.25. The van der Waals surface area contributed by atoms with Crippen LogP contribution in [-0.4, -0.2) is 4.98 Å². The van der Waals surface area contributed by atoms with Crippen molar-refractivity contribution in [2.24, 2.45) is 0 Å². The SMILES string of the molecule is Brc1ccc2nc3c(cc2c1)CCCC3. The monoisotopic (exact) mass is 261 g/mol. The van der Waals surface area contributed by atoms with E-state index in [0.29, 0.717) is 0 Å². The topological polar surface area (TPSA) is 12.9 Å². The molecule has 0 atom stereocenters. The van der Waals surface area contributed by atoms with E-state index < -0.39 is 0 Å². The molecule has 0 N–H and O–H groups in total. The molecule has 1 nitrogen and oxygen atoms in total. The second-order valence-corrected chi connectivity index (χ2v) is 5.05. The third-order valence-electron chi connectivity index (χ3n) is 3.06. The Morgan fingerprint density at radius 2 is 1.93 bits per heavy atom. The number of pyridine rings is 1. The van der Waals surface area contributed by atoms with E-state index in [1.165, 1.54) is 35.9 Å². The van der Waals surface area contributed by atoms with Crippen LogP contribution in [0.3, 0.4) is 0 Å². The standard InChI is InChI=1S/C13H12BrN/c14-11-5-6-13-10(8-11)7-9-3-1-2-4-12(9)15-13/h5-8H,1-4H2. The molecule has 1 aromatic heterocycles. The highest BCUT2D eigenvalue weighted by molar-refractivity contribution is 9.10. The predicted molar refractivity (Wildman–Crippen MR) is 66.1 cm³/mol. The number of aromatic nitrogens is 1. The van der Waals surface area contributed by atoms with Crippen LogP contribution in [0.5, 0.6) is 0 Å². The molecule has 3 rings (SSSR count). The summed E-state index contributed by atoms with van der Waals surface area (Å²) >= 11 is 3.50. The summed E-state index contributed by atoms with van der Waals surface area (Å²) in [5.74, 6) is 0. The number of rotatable bonds is 0. The van der Waals surface area contributed by atoms with Gasteiger partial charge in [0, 0.05) is 15.6 Å². The Morgan fingerprint density at radius 1 is 1.07 bits per heavy atom. The first kappa shape index (κ1) is 9.34. The molecule has 0 saturated heterocycles. The highest BCUT2D eigenvalue weighted by Gasteiger charge is 2.11. The van der Waals surface area contributed by atoms with Gasteiger partial charge < -0.3 is 0 Å². The Labute approximate surface area is 97.7 Å². The molecule has 1 aliphatic rings. The Kier molecular flexibility index (Phi) is 2.24. The molecule has 0 spiro atoms. The number of aryl methyl sites for hydroxylation is 2. The summed E-state index contributed by atoms with van der Waals surface area (Å²) in [6.07, 6.45) is 4.96. The molecule has 0 unspecified atom stereocenters. The van der Waals surface area contributed by atoms with Crippen molar-refractivity contribution in [2.45, 2.75) is 25.7 Å². The molecular formula is C13H12BrN. The molecule has 0 radical (unpaired) electrons. The van der Waals surface area contributed by atoms with Crippen molar-refractivity contribution in [1.82, 2.24) is 4.98 Å². The lowest BCUT2D eigenvalue weighted by Crippen LogP contribution is -2.05. The third kappa shape index (κ3) is 1.67. The zero-order chi connectivity index (χ0) is 10.3. The minimum Gasteiger partial charge on any atom is -0.253 e. The molecule has 0 aliphatic heterocycles. The molecule has 1 aliphatic carbocycles. The largest absolute Gasteiger partial charge is 0.253 e. The minimum atomic E-state index is 1.12. The van der Waals surface area contributed by atoms with Gasteiger partial charge in [-0.25, -0.2) is 0 Å². The zero-order valence-corrected chi connectivity index (χ0v) is 10.0. The van der Waals surface area contributed by atoms with E-state index in [0.717, 1.165) is 16.4 Å². The summed E-state index contributed by atoms with van der Waals surface area (Å²) < 4.78 is 1.13. The van der Waals surface area contributed by atoms with Crippen LogP contribution in [0.15, 0.2) is 28.7 Å². The Hall–Kier alpha value is -0.890. The van der Waals surface area contributed by atoms with Gasteiger partial charge in [-0.3, -0.25) is 4.98 Å². The van der Waals surface area contributed by atoms with Gasteiger partial charge >= 0.3 is 0 Å². The van der Waals surface area contributed by atoms with E-state index in [-0.39, 0.29) is 0 Å². The van der Waals surface area contributed by atoms with Gasteiger partial charge in [-0.2, -0.15) is 0 Å². The van der Waals surface area contributed by atoms with Crippen molar-refractivity contribution in [3.63, 3.8) is 0 Å². The second kappa shape index (κ2) is 3.60. The first-order chi connectivity index (χ1) is 7.33. The fourth-order valence-corrected chi connectivity index (χ4v) is 2.65. The van der Waals surface area contributed by atoms with Crippen LogP contribution in [-0.2, 0) is 12.8 Å². The summed E-state index contributed by atoms with van der Waals surface area (Å²) in [5.41, 5.74) is 3.89. The molecule has 2 aromatic rings.